The van der Waals surface area contributed by atoms with Gasteiger partial charge in [-0.1, -0.05) is 15.9 Å². The average Bonchev–Trinajstić information content (AvgIpc) is 3.14. The molecule has 0 spiro atoms. The molecule has 35 heavy (non-hydrogen) atoms. The number of alkyl halides is 3. The predicted octanol–water partition coefficient (Wildman–Crippen LogP) is 5.99. The number of benzene rings is 1. The third kappa shape index (κ3) is 5.07. The highest BCUT2D eigenvalue weighted by atomic mass is 79.9. The molecule has 3 aromatic rings. The number of aromatic nitrogens is 3. The van der Waals surface area contributed by atoms with Gasteiger partial charge in [0.15, 0.2) is 0 Å². The van der Waals surface area contributed by atoms with Crippen molar-refractivity contribution in [1.82, 2.24) is 15.0 Å². The highest BCUT2D eigenvalue weighted by Gasteiger charge is 2.36. The van der Waals surface area contributed by atoms with E-state index in [1.807, 2.05) is 24.3 Å². The average molecular weight is 547 g/mol. The number of hydrogen-bond donors (Lipinski definition) is 1. The summed E-state index contributed by atoms with van der Waals surface area (Å²) in [5.74, 6) is 1.36. The van der Waals surface area contributed by atoms with Gasteiger partial charge >= 0.3 is 6.18 Å². The lowest BCUT2D eigenvalue weighted by atomic mass is 10.1. The molecular weight excluding hydrogens is 521 g/mol. The zero-order valence-electron chi connectivity index (χ0n) is 19.3. The Morgan fingerprint density at radius 2 is 1.80 bits per heavy atom. The van der Waals surface area contributed by atoms with Crippen LogP contribution in [0.1, 0.15) is 36.6 Å². The fraction of sp³-hybridized carbons (Fsp3) is 0.400. The minimum absolute atomic E-state index is 0.0310. The van der Waals surface area contributed by atoms with Crippen LogP contribution in [0.2, 0.25) is 0 Å². The molecule has 1 N–H and O–H groups in total. The summed E-state index contributed by atoms with van der Waals surface area (Å²) >= 11 is 3.46. The van der Waals surface area contributed by atoms with Crippen molar-refractivity contribution >= 4 is 39.2 Å². The molecule has 5 rings (SSSR count). The molecule has 0 amide bonds. The second kappa shape index (κ2) is 9.64. The molecule has 1 fully saturated rings. The molecule has 4 heterocycles. The smallest absolute Gasteiger partial charge is 0.355 e. The van der Waals surface area contributed by atoms with Crippen LogP contribution in [0.15, 0.2) is 47.1 Å². The maximum atomic E-state index is 13.7. The largest absolute Gasteiger partial charge is 0.419 e. The first kappa shape index (κ1) is 23.8. The summed E-state index contributed by atoms with van der Waals surface area (Å²) in [7, 11) is 0. The Hall–Kier alpha value is -2.88. The molecule has 1 saturated heterocycles. The molecule has 10 heteroatoms. The van der Waals surface area contributed by atoms with Crippen LogP contribution in [0.3, 0.4) is 0 Å². The molecule has 0 bridgehead atoms. The van der Waals surface area contributed by atoms with Crippen molar-refractivity contribution in [1.29, 1.82) is 0 Å². The third-order valence-electron chi connectivity index (χ3n) is 6.64. The van der Waals surface area contributed by atoms with Crippen molar-refractivity contribution < 1.29 is 13.2 Å². The summed E-state index contributed by atoms with van der Waals surface area (Å²) in [6.07, 6.45) is 0.147. The van der Waals surface area contributed by atoms with E-state index in [1.165, 1.54) is 12.3 Å². The summed E-state index contributed by atoms with van der Waals surface area (Å²) in [4.78, 5) is 17.9. The van der Waals surface area contributed by atoms with E-state index in [0.717, 1.165) is 46.9 Å². The second-order valence-corrected chi connectivity index (χ2v) is 9.89. The molecule has 0 saturated carbocycles. The van der Waals surface area contributed by atoms with Crippen LogP contribution in [-0.4, -0.2) is 40.6 Å². The van der Waals surface area contributed by atoms with E-state index >= 15 is 0 Å². The Morgan fingerprint density at radius 1 is 1.03 bits per heavy atom. The Balaban J connectivity index is 1.50. The Morgan fingerprint density at radius 3 is 2.51 bits per heavy atom. The summed E-state index contributed by atoms with van der Waals surface area (Å²) in [6.45, 7) is 3.86. The number of anilines is 4. The zero-order chi connectivity index (χ0) is 24.6. The third-order valence-corrected chi connectivity index (χ3v) is 7.17. The molecule has 1 unspecified atom stereocenters. The van der Waals surface area contributed by atoms with E-state index in [2.05, 4.69) is 38.1 Å². The topological polar surface area (TPSA) is 57.2 Å². The van der Waals surface area contributed by atoms with Crippen molar-refractivity contribution in [2.24, 2.45) is 0 Å². The van der Waals surface area contributed by atoms with Crippen molar-refractivity contribution in [3.63, 3.8) is 0 Å². The van der Waals surface area contributed by atoms with Crippen molar-refractivity contribution in [3.05, 3.63) is 63.9 Å². The van der Waals surface area contributed by atoms with E-state index in [-0.39, 0.29) is 5.82 Å². The highest BCUT2D eigenvalue weighted by Crippen LogP contribution is 2.37. The van der Waals surface area contributed by atoms with Gasteiger partial charge in [0.25, 0.3) is 0 Å². The number of nitrogens with one attached hydrogen (secondary N) is 1. The van der Waals surface area contributed by atoms with E-state index in [0.29, 0.717) is 43.7 Å². The number of nitrogens with zero attached hydrogens (tertiary/aromatic N) is 5. The van der Waals surface area contributed by atoms with Gasteiger partial charge in [0.2, 0.25) is 5.95 Å². The predicted molar refractivity (Wildman–Crippen MR) is 134 cm³/mol. The Kier molecular flexibility index (Phi) is 6.57. The minimum atomic E-state index is -4.46. The first-order chi connectivity index (χ1) is 16.8. The highest BCUT2D eigenvalue weighted by molar-refractivity contribution is 9.10. The minimum Gasteiger partial charge on any atom is -0.355 e. The molecule has 1 atom stereocenters. The molecule has 2 aliphatic heterocycles. The molecule has 184 valence electrons. The zero-order valence-corrected chi connectivity index (χ0v) is 20.9. The normalized spacial score (nSPS) is 18.4. The Labute approximate surface area is 210 Å². The van der Waals surface area contributed by atoms with Crippen LogP contribution in [-0.2, 0) is 19.0 Å². The number of rotatable bonds is 4. The van der Waals surface area contributed by atoms with Crippen molar-refractivity contribution in [2.45, 2.75) is 44.8 Å². The first-order valence-corrected chi connectivity index (χ1v) is 12.5. The fourth-order valence-electron chi connectivity index (χ4n) is 4.80. The standard InChI is InChI=1S/C25H26BrF3N6/c1-16-4-3-13-35(16)24-32-21-11-15-34(23-20(25(27,28)29)5-2-12-30-23)14-10-19(21)22(33-24)31-18-8-6-17(26)7-9-18/h2,5-9,12,16H,3-4,10-11,13-15H2,1H3,(H,31,32,33). The van der Waals surface area contributed by atoms with Gasteiger partial charge in [0.1, 0.15) is 11.6 Å². The molecule has 2 aliphatic rings. The van der Waals surface area contributed by atoms with E-state index in [4.69, 9.17) is 9.97 Å². The van der Waals surface area contributed by atoms with Crippen molar-refractivity contribution in [2.75, 3.05) is 34.8 Å². The number of halogens is 4. The van der Waals surface area contributed by atoms with Crippen molar-refractivity contribution in [3.8, 4) is 0 Å². The van der Waals surface area contributed by atoms with Gasteiger partial charge in [-0.3, -0.25) is 0 Å². The quantitative estimate of drug-likeness (QED) is 0.433. The molecule has 2 aromatic heterocycles. The van der Waals surface area contributed by atoms with Crippen LogP contribution in [0.25, 0.3) is 0 Å². The maximum Gasteiger partial charge on any atom is 0.419 e. The monoisotopic (exact) mass is 546 g/mol. The molecule has 0 radical (unpaired) electrons. The molecule has 1 aromatic carbocycles. The van der Waals surface area contributed by atoms with Gasteiger partial charge in [0, 0.05) is 54.0 Å². The van der Waals surface area contributed by atoms with Gasteiger partial charge in [-0.05, 0) is 62.6 Å². The SMILES string of the molecule is CC1CCCN1c1nc2c(c(Nc3ccc(Br)cc3)n1)CCN(c1ncccc1C(F)(F)F)CC2. The van der Waals surface area contributed by atoms with Crippen LogP contribution in [0.5, 0.6) is 0 Å². The molecule has 0 aliphatic carbocycles. The van der Waals surface area contributed by atoms with Crippen LogP contribution >= 0.6 is 15.9 Å². The van der Waals surface area contributed by atoms with Crippen LogP contribution in [0.4, 0.5) is 36.4 Å². The van der Waals surface area contributed by atoms with E-state index in [9.17, 15) is 13.2 Å². The lowest BCUT2D eigenvalue weighted by Crippen LogP contribution is -2.29. The Bertz CT molecular complexity index is 1200. The number of hydrogen-bond acceptors (Lipinski definition) is 6. The van der Waals surface area contributed by atoms with Crippen LogP contribution < -0.4 is 15.1 Å². The van der Waals surface area contributed by atoms with Gasteiger partial charge in [-0.15, -0.1) is 0 Å². The summed E-state index contributed by atoms with van der Waals surface area (Å²) in [6, 6.07) is 10.6. The lowest BCUT2D eigenvalue weighted by Gasteiger charge is -2.24. The number of fused-ring (bicyclic) bond motifs is 1. The van der Waals surface area contributed by atoms with E-state index < -0.39 is 11.7 Å². The van der Waals surface area contributed by atoms with Crippen LogP contribution in [0, 0.1) is 0 Å². The van der Waals surface area contributed by atoms with Gasteiger partial charge < -0.3 is 15.1 Å². The molecular formula is C25H26BrF3N6. The second-order valence-electron chi connectivity index (χ2n) is 8.97. The van der Waals surface area contributed by atoms with Gasteiger partial charge in [-0.25, -0.2) is 9.97 Å². The first-order valence-electron chi connectivity index (χ1n) is 11.8. The van der Waals surface area contributed by atoms with E-state index in [1.54, 1.807) is 4.90 Å². The fourth-order valence-corrected chi connectivity index (χ4v) is 5.06. The lowest BCUT2D eigenvalue weighted by molar-refractivity contribution is -0.137. The summed E-state index contributed by atoms with van der Waals surface area (Å²) < 4.78 is 41.9. The summed E-state index contributed by atoms with van der Waals surface area (Å²) in [5.41, 5.74) is 1.99. The summed E-state index contributed by atoms with van der Waals surface area (Å²) in [5, 5.41) is 3.44. The van der Waals surface area contributed by atoms with Gasteiger partial charge in [0.05, 0.1) is 11.3 Å². The van der Waals surface area contributed by atoms with Gasteiger partial charge in [-0.2, -0.15) is 18.2 Å². The number of pyridine rings is 1. The molecule has 6 nitrogen and oxygen atoms in total. The maximum absolute atomic E-state index is 13.7.